The van der Waals surface area contributed by atoms with Gasteiger partial charge in [-0.25, -0.2) is 0 Å². The number of amides is 1. The summed E-state index contributed by atoms with van der Waals surface area (Å²) in [6, 6.07) is 21.8. The summed E-state index contributed by atoms with van der Waals surface area (Å²) >= 11 is 0. The standard InChI is InChI=1S/C30H29N3O4/c1-3-4-15-35-23-12-10-22(11-13-23)29-26-27(21-8-5-19(2)6-9-21)31-32-28(26)30(34)33(29)17-20-7-14-24-25(16-20)37-18-36-24/h5-14,16,29H,3-4,15,17-18H2,1-2H3,(H,31,32). The van der Waals surface area contributed by atoms with Crippen molar-refractivity contribution in [2.45, 2.75) is 39.3 Å². The molecule has 4 aromatic rings. The first-order chi connectivity index (χ1) is 18.1. The lowest BCUT2D eigenvalue weighted by Gasteiger charge is -2.27. The molecule has 37 heavy (non-hydrogen) atoms. The minimum absolute atomic E-state index is 0.0770. The first kappa shape index (κ1) is 23.2. The Bertz CT molecular complexity index is 1430. The number of aromatic nitrogens is 2. The number of carbonyl (C=O) groups excluding carboxylic acids is 1. The van der Waals surface area contributed by atoms with Crippen LogP contribution in [-0.4, -0.2) is 34.4 Å². The van der Waals surface area contributed by atoms with E-state index >= 15 is 0 Å². The summed E-state index contributed by atoms with van der Waals surface area (Å²) in [6.07, 6.45) is 2.10. The maximum atomic E-state index is 13.7. The van der Waals surface area contributed by atoms with Crippen molar-refractivity contribution < 1.29 is 19.0 Å². The number of rotatable bonds is 8. The second-order valence-corrected chi connectivity index (χ2v) is 9.52. The van der Waals surface area contributed by atoms with Gasteiger partial charge in [0.05, 0.1) is 18.3 Å². The van der Waals surface area contributed by atoms with Gasteiger partial charge >= 0.3 is 0 Å². The Morgan fingerprint density at radius 3 is 2.59 bits per heavy atom. The summed E-state index contributed by atoms with van der Waals surface area (Å²) in [7, 11) is 0. The minimum atomic E-state index is -0.298. The number of hydrogen-bond acceptors (Lipinski definition) is 5. The molecule has 0 bridgehead atoms. The van der Waals surface area contributed by atoms with Crippen LogP contribution in [0.1, 0.15) is 58.5 Å². The largest absolute Gasteiger partial charge is 0.494 e. The number of benzene rings is 3. The van der Waals surface area contributed by atoms with Crippen LogP contribution in [0, 0.1) is 6.92 Å². The van der Waals surface area contributed by atoms with Crippen LogP contribution in [0.4, 0.5) is 0 Å². The number of nitrogens with zero attached hydrogens (tertiary/aromatic N) is 2. The first-order valence-corrected chi connectivity index (χ1v) is 12.7. The monoisotopic (exact) mass is 495 g/mol. The smallest absolute Gasteiger partial charge is 0.273 e. The van der Waals surface area contributed by atoms with E-state index in [0.717, 1.165) is 52.3 Å². The molecule has 0 radical (unpaired) electrons. The van der Waals surface area contributed by atoms with Crippen molar-refractivity contribution in [1.29, 1.82) is 0 Å². The van der Waals surface area contributed by atoms with Gasteiger partial charge in [0.25, 0.3) is 5.91 Å². The third kappa shape index (κ3) is 4.31. The average Bonchev–Trinajstić information content (AvgIpc) is 3.62. The van der Waals surface area contributed by atoms with Crippen LogP contribution in [-0.2, 0) is 6.54 Å². The van der Waals surface area contributed by atoms with Gasteiger partial charge in [0, 0.05) is 17.7 Å². The van der Waals surface area contributed by atoms with Crippen molar-refractivity contribution >= 4 is 5.91 Å². The number of aryl methyl sites for hydroxylation is 1. The Morgan fingerprint density at radius 2 is 1.81 bits per heavy atom. The number of fused-ring (bicyclic) bond motifs is 2. The number of H-pyrrole nitrogens is 1. The van der Waals surface area contributed by atoms with Gasteiger partial charge in [-0.1, -0.05) is 61.4 Å². The Morgan fingerprint density at radius 1 is 1.03 bits per heavy atom. The van der Waals surface area contributed by atoms with Crippen molar-refractivity contribution in [2.24, 2.45) is 0 Å². The molecule has 7 heteroatoms. The van der Waals surface area contributed by atoms with Gasteiger partial charge in [-0.2, -0.15) is 5.10 Å². The van der Waals surface area contributed by atoms with Gasteiger partial charge in [0.15, 0.2) is 11.5 Å². The SMILES string of the molecule is CCCCOc1ccc(C2c3c(-c4ccc(C)cc4)n[nH]c3C(=O)N2Cc2ccc3c(c2)OCO3)cc1. The molecule has 0 spiro atoms. The molecule has 6 rings (SSSR count). The maximum absolute atomic E-state index is 13.7. The minimum Gasteiger partial charge on any atom is -0.494 e. The number of nitrogens with one attached hydrogen (secondary N) is 1. The van der Waals surface area contributed by atoms with E-state index in [1.165, 1.54) is 5.56 Å². The molecule has 1 aromatic heterocycles. The topological polar surface area (TPSA) is 76.7 Å². The summed E-state index contributed by atoms with van der Waals surface area (Å²) in [5.41, 5.74) is 6.35. The predicted molar refractivity (Wildman–Crippen MR) is 140 cm³/mol. The van der Waals surface area contributed by atoms with Crippen LogP contribution in [0.25, 0.3) is 11.3 Å². The average molecular weight is 496 g/mol. The summed E-state index contributed by atoms with van der Waals surface area (Å²) in [4.78, 5) is 15.6. The van der Waals surface area contributed by atoms with Crippen LogP contribution in [0.15, 0.2) is 66.7 Å². The summed E-state index contributed by atoms with van der Waals surface area (Å²) in [5.74, 6) is 2.18. The van der Waals surface area contributed by atoms with Crippen LogP contribution < -0.4 is 14.2 Å². The zero-order valence-corrected chi connectivity index (χ0v) is 21.0. The lowest BCUT2D eigenvalue weighted by molar-refractivity contribution is 0.0730. The lowest BCUT2D eigenvalue weighted by atomic mass is 9.95. The van der Waals surface area contributed by atoms with Gasteiger partial charge in [0.2, 0.25) is 6.79 Å². The first-order valence-electron chi connectivity index (χ1n) is 12.7. The number of unbranched alkanes of at least 4 members (excludes halogenated alkanes) is 1. The fourth-order valence-electron chi connectivity index (χ4n) is 4.95. The van der Waals surface area contributed by atoms with Crippen LogP contribution in [0.3, 0.4) is 0 Å². The van der Waals surface area contributed by atoms with Gasteiger partial charge in [0.1, 0.15) is 11.4 Å². The Kier molecular flexibility index (Phi) is 6.04. The van der Waals surface area contributed by atoms with E-state index in [-0.39, 0.29) is 18.7 Å². The fourth-order valence-corrected chi connectivity index (χ4v) is 4.95. The normalized spacial score (nSPS) is 15.8. The highest BCUT2D eigenvalue weighted by molar-refractivity contribution is 6.00. The maximum Gasteiger partial charge on any atom is 0.273 e. The predicted octanol–water partition coefficient (Wildman–Crippen LogP) is 6.04. The molecule has 2 aliphatic heterocycles. The van der Waals surface area contributed by atoms with Crippen molar-refractivity contribution in [3.63, 3.8) is 0 Å². The second kappa shape index (κ2) is 9.65. The van der Waals surface area contributed by atoms with Crippen molar-refractivity contribution in [2.75, 3.05) is 13.4 Å². The van der Waals surface area contributed by atoms with Crippen LogP contribution >= 0.6 is 0 Å². The van der Waals surface area contributed by atoms with Gasteiger partial charge in [-0.3, -0.25) is 9.89 Å². The van der Waals surface area contributed by atoms with Crippen LogP contribution in [0.2, 0.25) is 0 Å². The Labute approximate surface area is 216 Å². The third-order valence-corrected chi connectivity index (χ3v) is 6.94. The van der Waals surface area contributed by atoms with Gasteiger partial charge in [-0.05, 0) is 48.7 Å². The molecule has 3 heterocycles. The van der Waals surface area contributed by atoms with E-state index < -0.39 is 0 Å². The summed E-state index contributed by atoms with van der Waals surface area (Å²) in [6.45, 7) is 5.53. The Hall–Kier alpha value is -4.26. The molecular formula is C30H29N3O4. The van der Waals surface area contributed by atoms with E-state index in [2.05, 4.69) is 48.3 Å². The number of aromatic amines is 1. The summed E-state index contributed by atoms with van der Waals surface area (Å²) in [5, 5.41) is 7.63. The van der Waals surface area contributed by atoms with E-state index in [1.54, 1.807) is 0 Å². The molecule has 1 atom stereocenters. The third-order valence-electron chi connectivity index (χ3n) is 6.94. The van der Waals surface area contributed by atoms with E-state index in [1.807, 2.05) is 47.4 Å². The Balaban J connectivity index is 1.39. The van der Waals surface area contributed by atoms with E-state index in [9.17, 15) is 4.79 Å². The highest BCUT2D eigenvalue weighted by Crippen LogP contribution is 2.44. The lowest BCUT2D eigenvalue weighted by Crippen LogP contribution is -2.29. The highest BCUT2D eigenvalue weighted by Gasteiger charge is 2.42. The molecule has 0 aliphatic carbocycles. The fraction of sp³-hybridized carbons (Fsp3) is 0.267. The molecule has 188 valence electrons. The molecule has 2 aliphatic rings. The molecule has 1 N–H and O–H groups in total. The van der Waals surface area contributed by atoms with Crippen molar-refractivity contribution in [3.05, 3.63) is 94.7 Å². The van der Waals surface area contributed by atoms with E-state index in [0.29, 0.717) is 24.6 Å². The number of ether oxygens (including phenoxy) is 3. The second-order valence-electron chi connectivity index (χ2n) is 9.52. The molecule has 0 fully saturated rings. The molecule has 1 unspecified atom stereocenters. The molecule has 0 saturated carbocycles. The van der Waals surface area contributed by atoms with Crippen molar-refractivity contribution in [1.82, 2.24) is 15.1 Å². The van der Waals surface area contributed by atoms with Gasteiger partial charge < -0.3 is 19.1 Å². The molecular weight excluding hydrogens is 466 g/mol. The zero-order valence-electron chi connectivity index (χ0n) is 21.0. The zero-order chi connectivity index (χ0) is 25.4. The molecule has 7 nitrogen and oxygen atoms in total. The quantitative estimate of drug-likeness (QED) is 0.302. The van der Waals surface area contributed by atoms with Gasteiger partial charge in [-0.15, -0.1) is 0 Å². The molecule has 3 aromatic carbocycles. The van der Waals surface area contributed by atoms with E-state index in [4.69, 9.17) is 14.2 Å². The number of carbonyl (C=O) groups is 1. The molecule has 0 saturated heterocycles. The van der Waals surface area contributed by atoms with Crippen molar-refractivity contribution in [3.8, 4) is 28.5 Å². The highest BCUT2D eigenvalue weighted by atomic mass is 16.7. The molecule has 1 amide bonds. The number of hydrogen-bond donors (Lipinski definition) is 1. The van der Waals surface area contributed by atoms with Crippen LogP contribution in [0.5, 0.6) is 17.2 Å². The summed E-state index contributed by atoms with van der Waals surface area (Å²) < 4.78 is 16.9.